The van der Waals surface area contributed by atoms with Crippen LogP contribution < -0.4 is 0 Å². The second kappa shape index (κ2) is 5.06. The third-order valence-electron chi connectivity index (χ3n) is 1.15. The van der Waals surface area contributed by atoms with Crippen molar-refractivity contribution in [1.82, 2.24) is 0 Å². The second-order valence-electron chi connectivity index (χ2n) is 2.26. The molecule has 2 heteroatoms. The lowest BCUT2D eigenvalue weighted by molar-refractivity contribution is 0.185. The van der Waals surface area contributed by atoms with Crippen LogP contribution in [-0.2, 0) is 0 Å². The largest absolute Gasteiger partial charge is 0.508 e. The zero-order chi connectivity index (χ0) is 7.98. The summed E-state index contributed by atoms with van der Waals surface area (Å²) in [4.78, 5) is 0. The Labute approximate surface area is 61.5 Å². The molecule has 0 heterocycles. The normalized spacial score (nSPS) is 14.8. The van der Waals surface area contributed by atoms with E-state index in [0.29, 0.717) is 12.8 Å². The van der Waals surface area contributed by atoms with E-state index in [1.807, 2.05) is 0 Å². The minimum atomic E-state index is -0.297. The van der Waals surface area contributed by atoms with Gasteiger partial charge in [0.2, 0.25) is 0 Å². The van der Waals surface area contributed by atoms with Crippen molar-refractivity contribution in [3.8, 4) is 0 Å². The van der Waals surface area contributed by atoms with Crippen molar-refractivity contribution >= 4 is 0 Å². The van der Waals surface area contributed by atoms with Gasteiger partial charge in [-0.15, -0.1) is 0 Å². The molecule has 0 aromatic rings. The first-order chi connectivity index (χ1) is 4.66. The number of rotatable bonds is 4. The van der Waals surface area contributed by atoms with Gasteiger partial charge in [-0.2, -0.15) is 0 Å². The van der Waals surface area contributed by atoms with Crippen LogP contribution in [0.15, 0.2) is 24.5 Å². The molecule has 2 nitrogen and oxygen atoms in total. The van der Waals surface area contributed by atoms with Gasteiger partial charge in [-0.3, -0.25) is 0 Å². The van der Waals surface area contributed by atoms with Crippen LogP contribution in [0.5, 0.6) is 0 Å². The van der Waals surface area contributed by atoms with Crippen LogP contribution in [0.4, 0.5) is 0 Å². The highest BCUT2D eigenvalue weighted by Gasteiger charge is 1.92. The summed E-state index contributed by atoms with van der Waals surface area (Å²) >= 11 is 0. The Morgan fingerprint density at radius 3 is 2.70 bits per heavy atom. The highest BCUT2D eigenvalue weighted by molar-refractivity contribution is 5.05. The Morgan fingerprint density at radius 1 is 1.70 bits per heavy atom. The molecule has 0 amide bonds. The van der Waals surface area contributed by atoms with Crippen molar-refractivity contribution in [3.05, 3.63) is 24.5 Å². The maximum atomic E-state index is 8.83. The van der Waals surface area contributed by atoms with E-state index in [2.05, 4.69) is 6.58 Å². The molecule has 0 bridgehead atoms. The molecule has 0 radical (unpaired) electrons. The Balaban J connectivity index is 3.43. The van der Waals surface area contributed by atoms with Gasteiger partial charge >= 0.3 is 0 Å². The Hall–Kier alpha value is -0.760. The fraction of sp³-hybridized carbons (Fsp3) is 0.500. The van der Waals surface area contributed by atoms with Gasteiger partial charge in [0.1, 0.15) is 5.76 Å². The molecule has 2 N–H and O–H groups in total. The van der Waals surface area contributed by atoms with E-state index < -0.39 is 0 Å². The summed E-state index contributed by atoms with van der Waals surface area (Å²) in [5.41, 5.74) is 0. The molecular weight excluding hydrogens is 128 g/mol. The predicted octanol–water partition coefficient (Wildman–Crippen LogP) is 1.78. The third kappa shape index (κ3) is 5.38. The summed E-state index contributed by atoms with van der Waals surface area (Å²) in [5, 5.41) is 17.6. The highest BCUT2D eigenvalue weighted by Crippen LogP contribution is 1.99. The monoisotopic (exact) mass is 142 g/mol. The van der Waals surface area contributed by atoms with Gasteiger partial charge in [0, 0.05) is 0 Å². The van der Waals surface area contributed by atoms with Gasteiger partial charge in [-0.05, 0) is 31.9 Å². The summed E-state index contributed by atoms with van der Waals surface area (Å²) < 4.78 is 0. The summed E-state index contributed by atoms with van der Waals surface area (Å²) in [7, 11) is 0. The maximum absolute atomic E-state index is 8.83. The predicted molar refractivity (Wildman–Crippen MR) is 41.8 cm³/mol. The molecular formula is C8H14O2. The first-order valence-electron chi connectivity index (χ1n) is 3.36. The molecule has 1 atom stereocenters. The molecule has 0 rings (SSSR count). The summed E-state index contributed by atoms with van der Waals surface area (Å²) in [6.45, 7) is 5.10. The van der Waals surface area contributed by atoms with E-state index in [9.17, 15) is 0 Å². The standard InChI is InChI=1S/C8H14O2/c1-3-8(10)6-4-5-7(2)9/h3,6-7,9-10H,1,4-5H2,2H3/b8-6-. The molecule has 1 unspecified atom stereocenters. The second-order valence-corrected chi connectivity index (χ2v) is 2.26. The van der Waals surface area contributed by atoms with Gasteiger partial charge in [0.15, 0.2) is 0 Å². The number of aliphatic hydroxyl groups excluding tert-OH is 2. The van der Waals surface area contributed by atoms with Crippen molar-refractivity contribution in [3.63, 3.8) is 0 Å². The minimum absolute atomic E-state index is 0.181. The molecule has 58 valence electrons. The van der Waals surface area contributed by atoms with Gasteiger partial charge in [0.25, 0.3) is 0 Å². The van der Waals surface area contributed by atoms with Gasteiger partial charge in [-0.25, -0.2) is 0 Å². The van der Waals surface area contributed by atoms with E-state index in [-0.39, 0.29) is 11.9 Å². The number of aliphatic hydroxyl groups is 2. The first kappa shape index (κ1) is 9.24. The third-order valence-corrected chi connectivity index (χ3v) is 1.15. The molecule has 0 saturated carbocycles. The number of hydrogen-bond acceptors (Lipinski definition) is 2. The lowest BCUT2D eigenvalue weighted by Gasteiger charge is -1.98. The van der Waals surface area contributed by atoms with E-state index in [0.717, 1.165) is 0 Å². The Morgan fingerprint density at radius 2 is 2.30 bits per heavy atom. The van der Waals surface area contributed by atoms with E-state index >= 15 is 0 Å². The van der Waals surface area contributed by atoms with Crippen LogP contribution in [0.1, 0.15) is 19.8 Å². The smallest absolute Gasteiger partial charge is 0.111 e. The average molecular weight is 142 g/mol. The fourth-order valence-corrected chi connectivity index (χ4v) is 0.556. The van der Waals surface area contributed by atoms with Crippen LogP contribution >= 0.6 is 0 Å². The molecule has 0 saturated heterocycles. The summed E-state index contributed by atoms with van der Waals surface area (Å²) in [5.74, 6) is 0.181. The lowest BCUT2D eigenvalue weighted by atomic mass is 10.2. The molecule has 0 aromatic heterocycles. The molecule has 0 spiro atoms. The lowest BCUT2D eigenvalue weighted by Crippen LogP contribution is -1.97. The molecule has 0 aromatic carbocycles. The van der Waals surface area contributed by atoms with E-state index in [4.69, 9.17) is 10.2 Å². The van der Waals surface area contributed by atoms with Crippen molar-refractivity contribution < 1.29 is 10.2 Å². The van der Waals surface area contributed by atoms with Crippen molar-refractivity contribution in [1.29, 1.82) is 0 Å². The van der Waals surface area contributed by atoms with Crippen LogP contribution in [0.2, 0.25) is 0 Å². The summed E-state index contributed by atoms with van der Waals surface area (Å²) in [6.07, 6.45) is 4.09. The van der Waals surface area contributed by atoms with Crippen molar-refractivity contribution in [2.75, 3.05) is 0 Å². The molecule has 0 aliphatic carbocycles. The van der Waals surface area contributed by atoms with Gasteiger partial charge in [0.05, 0.1) is 6.10 Å². The Bertz CT molecular complexity index is 125. The number of hydrogen-bond donors (Lipinski definition) is 2. The van der Waals surface area contributed by atoms with Crippen molar-refractivity contribution in [2.24, 2.45) is 0 Å². The SMILES string of the molecule is C=C/C(O)=C/CCC(C)O. The molecule has 0 fully saturated rings. The zero-order valence-electron chi connectivity index (χ0n) is 6.25. The molecule has 0 aliphatic rings. The van der Waals surface area contributed by atoms with Gasteiger partial charge in [-0.1, -0.05) is 6.58 Å². The van der Waals surface area contributed by atoms with E-state index in [1.165, 1.54) is 6.08 Å². The van der Waals surface area contributed by atoms with E-state index in [1.54, 1.807) is 13.0 Å². The van der Waals surface area contributed by atoms with Gasteiger partial charge < -0.3 is 10.2 Å². The van der Waals surface area contributed by atoms with Crippen LogP contribution in [0, 0.1) is 0 Å². The quantitative estimate of drug-likeness (QED) is 0.464. The average Bonchev–Trinajstić information content (AvgIpc) is 1.87. The highest BCUT2D eigenvalue weighted by atomic mass is 16.3. The molecule has 0 aliphatic heterocycles. The fourth-order valence-electron chi connectivity index (χ4n) is 0.556. The minimum Gasteiger partial charge on any atom is -0.508 e. The Kier molecular flexibility index (Phi) is 4.67. The zero-order valence-corrected chi connectivity index (χ0v) is 6.25. The number of allylic oxidation sites excluding steroid dienone is 2. The van der Waals surface area contributed by atoms with Crippen LogP contribution in [0.25, 0.3) is 0 Å². The van der Waals surface area contributed by atoms with Crippen LogP contribution in [0.3, 0.4) is 0 Å². The van der Waals surface area contributed by atoms with Crippen molar-refractivity contribution in [2.45, 2.75) is 25.9 Å². The van der Waals surface area contributed by atoms with Crippen LogP contribution in [-0.4, -0.2) is 16.3 Å². The molecule has 10 heavy (non-hydrogen) atoms. The topological polar surface area (TPSA) is 40.5 Å². The maximum Gasteiger partial charge on any atom is 0.111 e. The summed E-state index contributed by atoms with van der Waals surface area (Å²) in [6, 6.07) is 0. The first-order valence-corrected chi connectivity index (χ1v) is 3.36.